The van der Waals surface area contributed by atoms with Crippen molar-refractivity contribution in [1.29, 1.82) is 0 Å². The van der Waals surface area contributed by atoms with Crippen LogP contribution in [0.2, 0.25) is 5.02 Å². The standard InChI is InChI=1S/C18H20ClNO2/c1-12-10-14(3)15(11-13(12)2)18(21)20-8-9-22-17-7-5-4-6-16(17)19/h4-7,10-11H,8-9H2,1-3H3,(H,20,21). The molecule has 0 saturated heterocycles. The van der Waals surface area contributed by atoms with Crippen LogP contribution in [0.5, 0.6) is 5.75 Å². The molecule has 4 heteroatoms. The average molecular weight is 318 g/mol. The SMILES string of the molecule is Cc1cc(C)c(C(=O)NCCOc2ccccc2Cl)cc1C. The van der Waals surface area contributed by atoms with Crippen LogP contribution in [0.4, 0.5) is 0 Å². The fourth-order valence-corrected chi connectivity index (χ4v) is 2.38. The second-order valence-electron chi connectivity index (χ2n) is 5.29. The van der Waals surface area contributed by atoms with E-state index in [0.717, 1.165) is 11.1 Å². The molecular formula is C18H20ClNO2. The van der Waals surface area contributed by atoms with Crippen LogP contribution >= 0.6 is 11.6 Å². The summed E-state index contributed by atoms with van der Waals surface area (Å²) in [6.07, 6.45) is 0. The molecule has 2 rings (SSSR count). The number of halogens is 1. The van der Waals surface area contributed by atoms with Crippen molar-refractivity contribution in [2.24, 2.45) is 0 Å². The zero-order valence-corrected chi connectivity index (χ0v) is 13.8. The van der Waals surface area contributed by atoms with Crippen LogP contribution in [-0.4, -0.2) is 19.1 Å². The first-order valence-corrected chi connectivity index (χ1v) is 7.60. The van der Waals surface area contributed by atoms with Gasteiger partial charge in [0.25, 0.3) is 5.91 Å². The highest BCUT2D eigenvalue weighted by molar-refractivity contribution is 6.32. The van der Waals surface area contributed by atoms with Crippen molar-refractivity contribution in [2.75, 3.05) is 13.2 Å². The van der Waals surface area contributed by atoms with Crippen molar-refractivity contribution in [3.63, 3.8) is 0 Å². The maximum atomic E-state index is 12.2. The topological polar surface area (TPSA) is 38.3 Å². The van der Waals surface area contributed by atoms with Crippen molar-refractivity contribution in [3.05, 3.63) is 63.7 Å². The maximum absolute atomic E-state index is 12.2. The van der Waals surface area contributed by atoms with Gasteiger partial charge >= 0.3 is 0 Å². The third-order valence-electron chi connectivity index (χ3n) is 3.57. The summed E-state index contributed by atoms with van der Waals surface area (Å²) >= 11 is 6.00. The fourth-order valence-electron chi connectivity index (χ4n) is 2.19. The first-order chi connectivity index (χ1) is 10.5. The van der Waals surface area contributed by atoms with Crippen molar-refractivity contribution in [1.82, 2.24) is 5.32 Å². The van der Waals surface area contributed by atoms with Gasteiger partial charge in [-0.05, 0) is 55.7 Å². The van der Waals surface area contributed by atoms with Crippen LogP contribution in [0.15, 0.2) is 36.4 Å². The van der Waals surface area contributed by atoms with Gasteiger partial charge in [0.2, 0.25) is 0 Å². The molecule has 2 aromatic rings. The molecule has 0 aliphatic heterocycles. The summed E-state index contributed by atoms with van der Waals surface area (Å²) in [6, 6.07) is 11.2. The second-order valence-corrected chi connectivity index (χ2v) is 5.69. The van der Waals surface area contributed by atoms with Crippen LogP contribution in [0, 0.1) is 20.8 Å². The van der Waals surface area contributed by atoms with E-state index in [4.69, 9.17) is 16.3 Å². The summed E-state index contributed by atoms with van der Waals surface area (Å²) in [5.41, 5.74) is 3.99. The number of nitrogens with one attached hydrogen (secondary N) is 1. The molecule has 0 bridgehead atoms. The summed E-state index contributed by atoms with van der Waals surface area (Å²) < 4.78 is 5.55. The van der Waals surface area contributed by atoms with E-state index in [1.54, 1.807) is 12.1 Å². The average Bonchev–Trinajstić information content (AvgIpc) is 2.49. The molecule has 0 aliphatic carbocycles. The summed E-state index contributed by atoms with van der Waals surface area (Å²) in [5.74, 6) is 0.545. The smallest absolute Gasteiger partial charge is 0.251 e. The second kappa shape index (κ2) is 7.32. The number of rotatable bonds is 5. The molecule has 0 radical (unpaired) electrons. The molecule has 0 spiro atoms. The van der Waals surface area contributed by atoms with Crippen LogP contribution in [0.3, 0.4) is 0 Å². The van der Waals surface area contributed by atoms with E-state index in [2.05, 4.69) is 5.32 Å². The lowest BCUT2D eigenvalue weighted by atomic mass is 10.0. The maximum Gasteiger partial charge on any atom is 0.251 e. The summed E-state index contributed by atoms with van der Waals surface area (Å²) in [5, 5.41) is 3.44. The molecule has 0 aliphatic rings. The Kier molecular flexibility index (Phi) is 5.45. The van der Waals surface area contributed by atoms with E-state index in [0.29, 0.717) is 29.5 Å². The van der Waals surface area contributed by atoms with Gasteiger partial charge < -0.3 is 10.1 Å². The molecule has 1 N–H and O–H groups in total. The summed E-state index contributed by atoms with van der Waals surface area (Å²) in [7, 11) is 0. The van der Waals surface area contributed by atoms with Crippen LogP contribution < -0.4 is 10.1 Å². The van der Waals surface area contributed by atoms with Crippen LogP contribution in [0.25, 0.3) is 0 Å². The molecule has 0 fully saturated rings. The highest BCUT2D eigenvalue weighted by Gasteiger charge is 2.10. The van der Waals surface area contributed by atoms with E-state index >= 15 is 0 Å². The van der Waals surface area contributed by atoms with Gasteiger partial charge in [-0.2, -0.15) is 0 Å². The first kappa shape index (κ1) is 16.4. The third-order valence-corrected chi connectivity index (χ3v) is 3.88. The molecule has 0 heterocycles. The predicted molar refractivity (Wildman–Crippen MR) is 89.9 cm³/mol. The number of hydrogen-bond acceptors (Lipinski definition) is 2. The number of carbonyl (C=O) groups is 1. The number of aryl methyl sites for hydroxylation is 3. The molecule has 116 valence electrons. The zero-order valence-electron chi connectivity index (χ0n) is 13.1. The van der Waals surface area contributed by atoms with Gasteiger partial charge in [0.05, 0.1) is 11.6 Å². The number of amides is 1. The fraction of sp³-hybridized carbons (Fsp3) is 0.278. The Bertz CT molecular complexity index is 683. The highest BCUT2D eigenvalue weighted by atomic mass is 35.5. The van der Waals surface area contributed by atoms with Gasteiger partial charge in [-0.3, -0.25) is 4.79 Å². The van der Waals surface area contributed by atoms with Crippen molar-refractivity contribution in [3.8, 4) is 5.75 Å². The highest BCUT2D eigenvalue weighted by Crippen LogP contribution is 2.22. The zero-order chi connectivity index (χ0) is 16.1. The molecule has 3 nitrogen and oxygen atoms in total. The minimum Gasteiger partial charge on any atom is -0.490 e. The number of para-hydroxylation sites is 1. The quantitative estimate of drug-likeness (QED) is 0.844. The molecule has 0 unspecified atom stereocenters. The van der Waals surface area contributed by atoms with Crippen molar-refractivity contribution in [2.45, 2.75) is 20.8 Å². The third kappa shape index (κ3) is 4.01. The molecular weight excluding hydrogens is 298 g/mol. The van der Waals surface area contributed by atoms with Gasteiger partial charge in [-0.15, -0.1) is 0 Å². The lowest BCUT2D eigenvalue weighted by Gasteiger charge is -2.11. The Balaban J connectivity index is 1.88. The van der Waals surface area contributed by atoms with E-state index in [1.165, 1.54) is 5.56 Å². The number of carbonyl (C=O) groups excluding carboxylic acids is 1. The number of hydrogen-bond donors (Lipinski definition) is 1. The molecule has 22 heavy (non-hydrogen) atoms. The monoisotopic (exact) mass is 317 g/mol. The Morgan fingerprint density at radius 1 is 1.09 bits per heavy atom. The lowest BCUT2D eigenvalue weighted by molar-refractivity contribution is 0.0946. The molecule has 0 aromatic heterocycles. The van der Waals surface area contributed by atoms with Gasteiger partial charge in [0, 0.05) is 5.56 Å². The van der Waals surface area contributed by atoms with Crippen molar-refractivity contribution < 1.29 is 9.53 Å². The lowest BCUT2D eigenvalue weighted by Crippen LogP contribution is -2.28. The Labute approximate surface area is 136 Å². The molecule has 0 saturated carbocycles. The molecule has 0 atom stereocenters. The van der Waals surface area contributed by atoms with Crippen molar-refractivity contribution >= 4 is 17.5 Å². The minimum absolute atomic E-state index is 0.0802. The summed E-state index contributed by atoms with van der Waals surface area (Å²) in [6.45, 7) is 6.80. The van der Waals surface area contributed by atoms with E-state index in [-0.39, 0.29) is 5.91 Å². The molecule has 2 aromatic carbocycles. The Morgan fingerprint density at radius 2 is 1.77 bits per heavy atom. The van der Waals surface area contributed by atoms with E-state index in [1.807, 2.05) is 45.0 Å². The first-order valence-electron chi connectivity index (χ1n) is 7.22. The number of benzene rings is 2. The van der Waals surface area contributed by atoms with E-state index < -0.39 is 0 Å². The number of ether oxygens (including phenoxy) is 1. The largest absolute Gasteiger partial charge is 0.490 e. The Morgan fingerprint density at radius 3 is 2.50 bits per heavy atom. The normalized spacial score (nSPS) is 10.4. The van der Waals surface area contributed by atoms with Gasteiger partial charge in [0.15, 0.2) is 0 Å². The summed E-state index contributed by atoms with van der Waals surface area (Å²) in [4.78, 5) is 12.2. The minimum atomic E-state index is -0.0802. The van der Waals surface area contributed by atoms with Crippen LogP contribution in [-0.2, 0) is 0 Å². The molecule has 1 amide bonds. The van der Waals surface area contributed by atoms with Gasteiger partial charge in [0.1, 0.15) is 12.4 Å². The van der Waals surface area contributed by atoms with Gasteiger partial charge in [-0.25, -0.2) is 0 Å². The van der Waals surface area contributed by atoms with E-state index in [9.17, 15) is 4.79 Å². The Hall–Kier alpha value is -2.00. The van der Waals surface area contributed by atoms with Crippen LogP contribution in [0.1, 0.15) is 27.0 Å². The predicted octanol–water partition coefficient (Wildman–Crippen LogP) is 4.07. The van der Waals surface area contributed by atoms with Gasteiger partial charge in [-0.1, -0.05) is 29.8 Å².